The normalized spacial score (nSPS) is 17.8. The number of aryl methyl sites for hydroxylation is 1. The van der Waals surface area contributed by atoms with Crippen LogP contribution in [-0.2, 0) is 0 Å². The first kappa shape index (κ1) is 15.6. The summed E-state index contributed by atoms with van der Waals surface area (Å²) in [5, 5.41) is 0. The average molecular weight is 284 g/mol. The number of nitrogens with two attached hydrogens (primary N) is 1. The summed E-state index contributed by atoms with van der Waals surface area (Å²) in [6, 6.07) is 6.19. The molecule has 0 aromatic heterocycles. The van der Waals surface area contributed by atoms with E-state index in [1.165, 1.54) is 0 Å². The van der Waals surface area contributed by atoms with Crippen LogP contribution >= 0.6 is 0 Å². The zero-order valence-corrected chi connectivity index (χ0v) is 13.1. The topological polar surface area (TPSA) is 46.3 Å². The highest BCUT2D eigenvalue weighted by atomic mass is 16.2. The standard InChI is InChI=1S/C18H24N2O/c1-13(2)17-7-5-11-20(17)18(21)16-12-14(3)8-9-15(16)6-4-10-19/h8-9,12-13,17H,5,7,10-11,19H2,1-3H3. The molecule has 112 valence electrons. The van der Waals surface area contributed by atoms with E-state index in [-0.39, 0.29) is 5.91 Å². The lowest BCUT2D eigenvalue weighted by molar-refractivity contribution is 0.0701. The van der Waals surface area contributed by atoms with Gasteiger partial charge in [-0.25, -0.2) is 0 Å². The summed E-state index contributed by atoms with van der Waals surface area (Å²) in [5.41, 5.74) is 8.02. The Labute approximate surface area is 127 Å². The van der Waals surface area contributed by atoms with Crippen molar-refractivity contribution < 1.29 is 4.79 Å². The molecule has 1 fully saturated rings. The molecule has 3 nitrogen and oxygen atoms in total. The highest BCUT2D eigenvalue weighted by Gasteiger charge is 2.32. The quantitative estimate of drug-likeness (QED) is 0.848. The molecule has 2 N–H and O–H groups in total. The minimum absolute atomic E-state index is 0.108. The van der Waals surface area contributed by atoms with E-state index in [2.05, 4.69) is 25.7 Å². The number of benzene rings is 1. The molecule has 1 aromatic rings. The van der Waals surface area contributed by atoms with Crippen molar-refractivity contribution >= 4 is 5.91 Å². The summed E-state index contributed by atoms with van der Waals surface area (Å²) in [4.78, 5) is 14.9. The van der Waals surface area contributed by atoms with Gasteiger partial charge in [-0.1, -0.05) is 37.3 Å². The molecule has 21 heavy (non-hydrogen) atoms. The summed E-state index contributed by atoms with van der Waals surface area (Å²) in [7, 11) is 0. The minimum atomic E-state index is 0.108. The van der Waals surface area contributed by atoms with E-state index in [0.29, 0.717) is 24.1 Å². The van der Waals surface area contributed by atoms with Gasteiger partial charge in [-0.2, -0.15) is 0 Å². The van der Waals surface area contributed by atoms with Crippen LogP contribution in [0, 0.1) is 24.7 Å². The van der Waals surface area contributed by atoms with E-state index < -0.39 is 0 Å². The van der Waals surface area contributed by atoms with Gasteiger partial charge in [0.2, 0.25) is 0 Å². The second-order valence-corrected chi connectivity index (χ2v) is 6.01. The predicted octanol–water partition coefficient (Wildman–Crippen LogP) is 2.57. The number of hydrogen-bond acceptors (Lipinski definition) is 2. The minimum Gasteiger partial charge on any atom is -0.335 e. The van der Waals surface area contributed by atoms with Gasteiger partial charge in [0, 0.05) is 18.2 Å². The van der Waals surface area contributed by atoms with Crippen molar-refractivity contribution in [1.82, 2.24) is 4.90 Å². The first-order valence-corrected chi connectivity index (χ1v) is 7.65. The molecular weight excluding hydrogens is 260 g/mol. The van der Waals surface area contributed by atoms with Crippen LogP contribution in [0.5, 0.6) is 0 Å². The third kappa shape index (κ3) is 3.46. The van der Waals surface area contributed by atoms with Gasteiger partial charge in [0.15, 0.2) is 0 Å². The predicted molar refractivity (Wildman–Crippen MR) is 86.0 cm³/mol. The van der Waals surface area contributed by atoms with Gasteiger partial charge in [-0.05, 0) is 37.8 Å². The Morgan fingerprint density at radius 3 is 2.90 bits per heavy atom. The van der Waals surface area contributed by atoms with Gasteiger partial charge in [-0.15, -0.1) is 0 Å². The Kier molecular flexibility index (Phi) is 5.03. The molecule has 1 amide bonds. The molecule has 1 aliphatic heterocycles. The molecular formula is C18H24N2O. The second kappa shape index (κ2) is 6.78. The highest BCUT2D eigenvalue weighted by Crippen LogP contribution is 2.26. The van der Waals surface area contributed by atoms with Crippen molar-refractivity contribution in [2.24, 2.45) is 11.7 Å². The van der Waals surface area contributed by atoms with Crippen LogP contribution < -0.4 is 5.73 Å². The first-order chi connectivity index (χ1) is 10.0. The Bertz CT molecular complexity index is 581. The maximum absolute atomic E-state index is 12.9. The van der Waals surface area contributed by atoms with Gasteiger partial charge < -0.3 is 10.6 Å². The van der Waals surface area contributed by atoms with Crippen molar-refractivity contribution in [1.29, 1.82) is 0 Å². The van der Waals surface area contributed by atoms with Gasteiger partial charge >= 0.3 is 0 Å². The number of likely N-dealkylation sites (tertiary alicyclic amines) is 1. The van der Waals surface area contributed by atoms with Crippen molar-refractivity contribution in [2.75, 3.05) is 13.1 Å². The van der Waals surface area contributed by atoms with E-state index in [9.17, 15) is 4.79 Å². The molecule has 3 heteroatoms. The Balaban J connectivity index is 2.36. The SMILES string of the molecule is Cc1ccc(C#CCN)c(C(=O)N2CCCC2C(C)C)c1. The highest BCUT2D eigenvalue weighted by molar-refractivity contribution is 5.97. The molecule has 1 unspecified atom stereocenters. The number of rotatable bonds is 2. The number of carbonyl (C=O) groups is 1. The van der Waals surface area contributed by atoms with Crippen molar-refractivity contribution in [3.63, 3.8) is 0 Å². The molecule has 0 radical (unpaired) electrons. The Morgan fingerprint density at radius 1 is 1.48 bits per heavy atom. The lowest BCUT2D eigenvalue weighted by atomic mass is 9.99. The van der Waals surface area contributed by atoms with Crippen LogP contribution in [0.25, 0.3) is 0 Å². The second-order valence-electron chi connectivity index (χ2n) is 6.01. The Hall–Kier alpha value is -1.79. The van der Waals surface area contributed by atoms with Crippen LogP contribution in [0.2, 0.25) is 0 Å². The van der Waals surface area contributed by atoms with Crippen LogP contribution in [0.3, 0.4) is 0 Å². The lowest BCUT2D eigenvalue weighted by Gasteiger charge is -2.28. The monoisotopic (exact) mass is 284 g/mol. The fraction of sp³-hybridized carbons (Fsp3) is 0.500. The van der Waals surface area contributed by atoms with Crippen LogP contribution in [0.1, 0.15) is 48.2 Å². The van der Waals surface area contributed by atoms with E-state index in [1.54, 1.807) is 0 Å². The molecule has 0 aliphatic carbocycles. The number of amides is 1. The molecule has 1 saturated heterocycles. The zero-order chi connectivity index (χ0) is 15.4. The molecule has 1 atom stereocenters. The fourth-order valence-corrected chi connectivity index (χ4v) is 2.98. The number of hydrogen-bond donors (Lipinski definition) is 1. The van der Waals surface area contributed by atoms with Crippen LogP contribution in [-0.4, -0.2) is 29.9 Å². The van der Waals surface area contributed by atoms with Gasteiger partial charge in [0.05, 0.1) is 12.1 Å². The summed E-state index contributed by atoms with van der Waals surface area (Å²) in [5.74, 6) is 6.47. The van der Waals surface area contributed by atoms with Crippen LogP contribution in [0.4, 0.5) is 0 Å². The lowest BCUT2D eigenvalue weighted by Crippen LogP contribution is -2.38. The van der Waals surface area contributed by atoms with E-state index in [4.69, 9.17) is 5.73 Å². The smallest absolute Gasteiger partial charge is 0.255 e. The molecule has 0 bridgehead atoms. The third-order valence-electron chi connectivity index (χ3n) is 4.06. The molecule has 1 aliphatic rings. The third-order valence-corrected chi connectivity index (χ3v) is 4.06. The average Bonchev–Trinajstić information content (AvgIpc) is 2.94. The van der Waals surface area contributed by atoms with Crippen molar-refractivity contribution in [3.8, 4) is 11.8 Å². The number of carbonyl (C=O) groups excluding carboxylic acids is 1. The maximum Gasteiger partial charge on any atom is 0.255 e. The largest absolute Gasteiger partial charge is 0.335 e. The molecule has 2 rings (SSSR count). The molecule has 1 heterocycles. The van der Waals surface area contributed by atoms with Gasteiger partial charge in [-0.3, -0.25) is 4.79 Å². The van der Waals surface area contributed by atoms with E-state index in [0.717, 1.165) is 30.5 Å². The van der Waals surface area contributed by atoms with E-state index in [1.807, 2.05) is 30.0 Å². The maximum atomic E-state index is 12.9. The summed E-state index contributed by atoms with van der Waals surface area (Å²) >= 11 is 0. The zero-order valence-electron chi connectivity index (χ0n) is 13.1. The van der Waals surface area contributed by atoms with Crippen molar-refractivity contribution in [3.05, 3.63) is 34.9 Å². The fourth-order valence-electron chi connectivity index (χ4n) is 2.98. The van der Waals surface area contributed by atoms with Crippen LogP contribution in [0.15, 0.2) is 18.2 Å². The number of nitrogens with zero attached hydrogens (tertiary/aromatic N) is 1. The van der Waals surface area contributed by atoms with Gasteiger partial charge in [0.25, 0.3) is 5.91 Å². The first-order valence-electron chi connectivity index (χ1n) is 7.65. The summed E-state index contributed by atoms with van der Waals surface area (Å²) in [6.07, 6.45) is 2.18. The molecule has 1 aromatic carbocycles. The Morgan fingerprint density at radius 2 is 2.24 bits per heavy atom. The van der Waals surface area contributed by atoms with E-state index >= 15 is 0 Å². The van der Waals surface area contributed by atoms with Crippen molar-refractivity contribution in [2.45, 2.75) is 39.7 Å². The molecule has 0 spiro atoms. The summed E-state index contributed by atoms with van der Waals surface area (Å²) < 4.78 is 0. The summed E-state index contributed by atoms with van der Waals surface area (Å²) in [6.45, 7) is 7.52. The van der Waals surface area contributed by atoms with Gasteiger partial charge in [0.1, 0.15) is 0 Å². The molecule has 0 saturated carbocycles.